The van der Waals surface area contributed by atoms with Crippen LogP contribution in [0.4, 0.5) is 17.6 Å². The van der Waals surface area contributed by atoms with Crippen LogP contribution in [-0.4, -0.2) is 45.9 Å². The van der Waals surface area contributed by atoms with Crippen molar-refractivity contribution in [3.8, 4) is 0 Å². The molecular weight excluding hydrogens is 242 g/mol. The predicted molar refractivity (Wildman–Crippen MR) is 74.1 cm³/mol. The highest BCUT2D eigenvalue weighted by molar-refractivity contribution is 5.47. The maximum atomic E-state index is 5.62. The molecule has 2 N–H and O–H groups in total. The molecule has 0 spiro atoms. The standard InChI is InChI=1S/C12H17N7/c1-17-12(15-11(13)16-17)19-8-6-18(7-9-19)10-2-4-14-5-3-10/h2-5H,6-9H2,1H3,(H2,13,16). The minimum atomic E-state index is 0.328. The van der Waals surface area contributed by atoms with E-state index >= 15 is 0 Å². The number of hydrogen-bond donors (Lipinski definition) is 1. The van der Waals surface area contributed by atoms with Gasteiger partial charge in [-0.3, -0.25) is 4.98 Å². The molecule has 1 aliphatic heterocycles. The fourth-order valence-electron chi connectivity index (χ4n) is 2.39. The van der Waals surface area contributed by atoms with Crippen molar-refractivity contribution in [3.63, 3.8) is 0 Å². The molecule has 1 aliphatic rings. The number of pyridine rings is 1. The maximum absolute atomic E-state index is 5.62. The molecule has 0 atom stereocenters. The number of nitrogens with two attached hydrogens (primary N) is 1. The zero-order chi connectivity index (χ0) is 13.2. The Morgan fingerprint density at radius 1 is 1.05 bits per heavy atom. The van der Waals surface area contributed by atoms with Gasteiger partial charge >= 0.3 is 0 Å². The molecule has 7 nitrogen and oxygen atoms in total. The SMILES string of the molecule is Cn1nc(N)nc1N1CCN(c2ccncc2)CC1. The van der Waals surface area contributed by atoms with E-state index in [9.17, 15) is 0 Å². The average Bonchev–Trinajstić information content (AvgIpc) is 2.79. The number of piperazine rings is 1. The summed E-state index contributed by atoms with van der Waals surface area (Å²) in [5.41, 5.74) is 6.83. The molecule has 0 amide bonds. The molecule has 0 saturated carbocycles. The van der Waals surface area contributed by atoms with Gasteiger partial charge in [-0.1, -0.05) is 0 Å². The number of rotatable bonds is 2. The van der Waals surface area contributed by atoms with E-state index in [0.717, 1.165) is 32.1 Å². The van der Waals surface area contributed by atoms with Gasteiger partial charge < -0.3 is 15.5 Å². The van der Waals surface area contributed by atoms with Gasteiger partial charge in [0.05, 0.1) is 0 Å². The van der Waals surface area contributed by atoms with Crippen LogP contribution in [0.1, 0.15) is 0 Å². The number of nitrogen functional groups attached to an aromatic ring is 1. The molecule has 7 heteroatoms. The second-order valence-corrected chi connectivity index (χ2v) is 4.57. The van der Waals surface area contributed by atoms with Gasteiger partial charge in [-0.2, -0.15) is 4.98 Å². The summed E-state index contributed by atoms with van der Waals surface area (Å²) in [5, 5.41) is 4.08. The third kappa shape index (κ3) is 2.31. The second-order valence-electron chi connectivity index (χ2n) is 4.57. The number of nitrogens with zero attached hydrogens (tertiary/aromatic N) is 6. The fourth-order valence-corrected chi connectivity index (χ4v) is 2.39. The number of hydrogen-bond acceptors (Lipinski definition) is 6. The first-order valence-corrected chi connectivity index (χ1v) is 6.30. The first kappa shape index (κ1) is 11.8. The molecule has 3 heterocycles. The number of anilines is 3. The highest BCUT2D eigenvalue weighted by Crippen LogP contribution is 2.18. The van der Waals surface area contributed by atoms with Crippen molar-refractivity contribution in [1.29, 1.82) is 0 Å². The maximum Gasteiger partial charge on any atom is 0.241 e. The number of aryl methyl sites for hydroxylation is 1. The first-order chi connectivity index (χ1) is 9.24. The molecule has 0 bridgehead atoms. The summed E-state index contributed by atoms with van der Waals surface area (Å²) < 4.78 is 1.73. The molecule has 2 aromatic heterocycles. The zero-order valence-corrected chi connectivity index (χ0v) is 10.9. The molecule has 0 unspecified atom stereocenters. The van der Waals surface area contributed by atoms with Gasteiger partial charge in [-0.05, 0) is 12.1 Å². The Kier molecular flexibility index (Phi) is 2.94. The lowest BCUT2D eigenvalue weighted by molar-refractivity contribution is 0.619. The van der Waals surface area contributed by atoms with Crippen molar-refractivity contribution in [2.24, 2.45) is 7.05 Å². The molecule has 2 aromatic rings. The monoisotopic (exact) mass is 259 g/mol. The topological polar surface area (TPSA) is 76.1 Å². The largest absolute Gasteiger partial charge is 0.368 e. The highest BCUT2D eigenvalue weighted by Gasteiger charge is 2.20. The van der Waals surface area contributed by atoms with Gasteiger partial charge in [0.2, 0.25) is 11.9 Å². The third-order valence-corrected chi connectivity index (χ3v) is 3.35. The van der Waals surface area contributed by atoms with Crippen LogP contribution < -0.4 is 15.5 Å². The summed E-state index contributed by atoms with van der Waals surface area (Å²) in [4.78, 5) is 12.9. The lowest BCUT2D eigenvalue weighted by Gasteiger charge is -2.36. The van der Waals surface area contributed by atoms with Crippen LogP contribution >= 0.6 is 0 Å². The molecule has 0 aliphatic carbocycles. The van der Waals surface area contributed by atoms with Crippen LogP contribution in [0.2, 0.25) is 0 Å². The minimum Gasteiger partial charge on any atom is -0.368 e. The van der Waals surface area contributed by atoms with Crippen molar-refractivity contribution in [1.82, 2.24) is 19.7 Å². The van der Waals surface area contributed by atoms with E-state index in [4.69, 9.17) is 5.73 Å². The van der Waals surface area contributed by atoms with Gasteiger partial charge in [-0.25, -0.2) is 4.68 Å². The Morgan fingerprint density at radius 3 is 2.26 bits per heavy atom. The molecular formula is C12H17N7. The Labute approximate surface area is 111 Å². The first-order valence-electron chi connectivity index (χ1n) is 6.30. The molecule has 0 radical (unpaired) electrons. The van der Waals surface area contributed by atoms with Crippen LogP contribution in [0.15, 0.2) is 24.5 Å². The van der Waals surface area contributed by atoms with Gasteiger partial charge in [-0.15, -0.1) is 5.10 Å². The van der Waals surface area contributed by atoms with E-state index in [-0.39, 0.29) is 0 Å². The highest BCUT2D eigenvalue weighted by atomic mass is 15.5. The van der Waals surface area contributed by atoms with Crippen LogP contribution in [0.3, 0.4) is 0 Å². The summed E-state index contributed by atoms with van der Waals surface area (Å²) in [5.74, 6) is 1.17. The Balaban J connectivity index is 1.68. The third-order valence-electron chi connectivity index (χ3n) is 3.35. The summed E-state index contributed by atoms with van der Waals surface area (Å²) in [7, 11) is 1.87. The van der Waals surface area contributed by atoms with Crippen LogP contribution in [0, 0.1) is 0 Å². The molecule has 1 fully saturated rings. The molecule has 0 aromatic carbocycles. The molecule has 19 heavy (non-hydrogen) atoms. The van der Waals surface area contributed by atoms with E-state index in [0.29, 0.717) is 5.95 Å². The van der Waals surface area contributed by atoms with Crippen molar-refractivity contribution in [2.75, 3.05) is 41.7 Å². The fraction of sp³-hybridized carbons (Fsp3) is 0.417. The molecule has 1 saturated heterocycles. The lowest BCUT2D eigenvalue weighted by Crippen LogP contribution is -2.47. The Hall–Kier alpha value is -2.31. The van der Waals surface area contributed by atoms with Crippen LogP contribution in [-0.2, 0) is 7.05 Å². The Morgan fingerprint density at radius 2 is 1.68 bits per heavy atom. The van der Waals surface area contributed by atoms with Gasteiger partial charge in [0.15, 0.2) is 0 Å². The summed E-state index contributed by atoms with van der Waals surface area (Å²) >= 11 is 0. The van der Waals surface area contributed by atoms with E-state index < -0.39 is 0 Å². The summed E-state index contributed by atoms with van der Waals surface area (Å²) in [6.07, 6.45) is 3.65. The van der Waals surface area contributed by atoms with Crippen molar-refractivity contribution in [3.05, 3.63) is 24.5 Å². The van der Waals surface area contributed by atoms with E-state index in [2.05, 4.69) is 24.9 Å². The van der Waals surface area contributed by atoms with Gasteiger partial charge in [0.25, 0.3) is 0 Å². The molecule has 3 rings (SSSR count). The summed E-state index contributed by atoms with van der Waals surface area (Å²) in [6.45, 7) is 3.73. The summed E-state index contributed by atoms with van der Waals surface area (Å²) in [6, 6.07) is 4.08. The van der Waals surface area contributed by atoms with Crippen LogP contribution in [0.5, 0.6) is 0 Å². The zero-order valence-electron chi connectivity index (χ0n) is 10.9. The smallest absolute Gasteiger partial charge is 0.241 e. The number of aromatic nitrogens is 4. The van der Waals surface area contributed by atoms with Crippen molar-refractivity contribution < 1.29 is 0 Å². The normalized spacial score (nSPS) is 15.8. The van der Waals surface area contributed by atoms with E-state index in [1.54, 1.807) is 4.68 Å². The average molecular weight is 259 g/mol. The van der Waals surface area contributed by atoms with Crippen molar-refractivity contribution >= 4 is 17.6 Å². The quantitative estimate of drug-likeness (QED) is 0.825. The minimum absolute atomic E-state index is 0.328. The van der Waals surface area contributed by atoms with Crippen molar-refractivity contribution in [2.45, 2.75) is 0 Å². The Bertz CT molecular complexity index is 542. The second kappa shape index (κ2) is 4.75. The van der Waals surface area contributed by atoms with E-state index in [1.807, 2.05) is 31.6 Å². The van der Waals surface area contributed by atoms with E-state index in [1.165, 1.54) is 5.69 Å². The lowest BCUT2D eigenvalue weighted by atomic mass is 10.3. The predicted octanol–water partition coefficient (Wildman–Crippen LogP) is 0.119. The van der Waals surface area contributed by atoms with Crippen LogP contribution in [0.25, 0.3) is 0 Å². The van der Waals surface area contributed by atoms with Gasteiger partial charge in [0.1, 0.15) is 0 Å². The molecule has 100 valence electrons. The van der Waals surface area contributed by atoms with Gasteiger partial charge in [0, 0.05) is 51.3 Å².